The predicted molar refractivity (Wildman–Crippen MR) is 187 cm³/mol. The van der Waals surface area contributed by atoms with E-state index in [2.05, 4.69) is 30.5 Å². The van der Waals surface area contributed by atoms with E-state index in [1.165, 1.54) is 19.2 Å². The van der Waals surface area contributed by atoms with E-state index >= 15 is 0 Å². The van der Waals surface area contributed by atoms with Crippen LogP contribution in [0.5, 0.6) is 5.75 Å². The molecule has 0 saturated heterocycles. The quantitative estimate of drug-likeness (QED) is 0.0327. The number of hydrogen-bond acceptors (Lipinski definition) is 20. The van der Waals surface area contributed by atoms with Gasteiger partial charge in [0, 0.05) is 39.9 Å². The molecule has 0 amide bonds. The minimum atomic E-state index is -5.06. The Morgan fingerprint density at radius 2 is 1.30 bits per heavy atom. The molecule has 3 aromatic carbocycles. The van der Waals surface area contributed by atoms with E-state index < -0.39 is 61.8 Å². The van der Waals surface area contributed by atoms with Gasteiger partial charge in [0.25, 0.3) is 10.1 Å². The van der Waals surface area contributed by atoms with Crippen LogP contribution in [0, 0.1) is 6.92 Å². The Kier molecular flexibility index (Phi) is 24.4. The van der Waals surface area contributed by atoms with Crippen molar-refractivity contribution in [1.82, 2.24) is 15.0 Å². The monoisotopic (exact) mass is 927 g/mol. The van der Waals surface area contributed by atoms with Crippen molar-refractivity contribution < 1.29 is 175 Å². The van der Waals surface area contributed by atoms with E-state index in [0.29, 0.717) is 11.3 Å². The summed E-state index contributed by atoms with van der Waals surface area (Å²) >= 11 is 2.08. The minimum absolute atomic E-state index is 0. The van der Waals surface area contributed by atoms with E-state index in [4.69, 9.17) is 4.74 Å². The summed E-state index contributed by atoms with van der Waals surface area (Å²) in [7, 11) is -17.5. The van der Waals surface area contributed by atoms with Crippen molar-refractivity contribution in [2.75, 3.05) is 35.4 Å². The Labute approximate surface area is 420 Å². The molecule has 282 valence electrons. The molecule has 0 atom stereocenters. The Hall–Kier alpha value is 0.470. The van der Waals surface area contributed by atoms with Crippen LogP contribution >= 0.6 is 23.5 Å². The number of nitrogens with one attached hydrogen (secondary N) is 1. The van der Waals surface area contributed by atoms with Crippen molar-refractivity contribution in [2.24, 2.45) is 10.2 Å². The zero-order valence-corrected chi connectivity index (χ0v) is 43.7. The fourth-order valence-electron chi connectivity index (χ4n) is 4.40. The van der Waals surface area contributed by atoms with E-state index in [1.54, 1.807) is 13.0 Å². The maximum absolute atomic E-state index is 12.2. The molecule has 0 radical (unpaired) electrons. The number of methoxy groups -OCH3 is 1. The second-order valence-electron chi connectivity index (χ2n) is 10.5. The maximum Gasteiger partial charge on any atom is 1.00 e. The van der Waals surface area contributed by atoms with Gasteiger partial charge in [-0.1, -0.05) is 35.7 Å². The molecule has 1 aromatic heterocycles. The third-order valence-electron chi connectivity index (χ3n) is 6.62. The van der Waals surface area contributed by atoms with Gasteiger partial charge in [-0.2, -0.15) is 33.6 Å². The van der Waals surface area contributed by atoms with Crippen LogP contribution in [0.4, 0.5) is 23.0 Å². The minimum Gasteiger partial charge on any atom is -0.748 e. The topological polar surface area (TPSA) is 311 Å². The fraction of sp³-hybridized carbons (Fsp3) is 0.296. The number of aryl methyl sites for hydroxylation is 1. The van der Waals surface area contributed by atoms with Crippen molar-refractivity contribution in [3.63, 3.8) is 0 Å². The maximum atomic E-state index is 12.2. The molecule has 0 spiro atoms. The SMILES string of the molecule is COc1cc(N=Nc2cc(S(=O)(=O)O)c3cccc(S(=O)(=O)[O-])c3c2)c(C)cc1Nc1nc(SCCCS(=O)(=O)[O-])nc(SCCCS(=O)(=O)[O-])n1.[Na+].[Na+].[Na+].[Na+]. The van der Waals surface area contributed by atoms with Crippen LogP contribution in [-0.2, 0) is 40.5 Å². The number of thioether (sulfide) groups is 2. The predicted octanol–water partition coefficient (Wildman–Crippen LogP) is -8.28. The molecule has 2 N–H and O–H groups in total. The van der Waals surface area contributed by atoms with Gasteiger partial charge in [0.1, 0.15) is 20.8 Å². The van der Waals surface area contributed by atoms with Gasteiger partial charge in [0.05, 0.1) is 49.3 Å². The molecule has 0 unspecified atom stereocenters. The van der Waals surface area contributed by atoms with E-state index in [9.17, 15) is 51.9 Å². The number of hydrogen-bond donors (Lipinski definition) is 2. The van der Waals surface area contributed by atoms with Gasteiger partial charge in [0.2, 0.25) is 5.95 Å². The second kappa shape index (κ2) is 24.2. The molecule has 1 heterocycles. The van der Waals surface area contributed by atoms with Crippen LogP contribution in [0.2, 0.25) is 0 Å². The number of ether oxygens (including phenoxy) is 1. The largest absolute Gasteiger partial charge is 1.00 e. The molecule has 0 bridgehead atoms. The smallest absolute Gasteiger partial charge is 0.748 e. The summed E-state index contributed by atoms with van der Waals surface area (Å²) in [5.74, 6) is -0.662. The summed E-state index contributed by atoms with van der Waals surface area (Å²) < 4.78 is 141. The normalized spacial score (nSPS) is 11.9. The summed E-state index contributed by atoms with van der Waals surface area (Å²) in [5.41, 5.74) is 0.779. The molecule has 0 aliphatic rings. The number of fused-ring (bicyclic) bond motifs is 1. The Balaban J connectivity index is 0.00000756. The first-order valence-electron chi connectivity index (χ1n) is 14.4. The van der Waals surface area contributed by atoms with Crippen LogP contribution in [0.3, 0.4) is 0 Å². The molecule has 19 nitrogen and oxygen atoms in total. The standard InChI is InChI=1S/C27H30N6O13S6.4Na/c1-16-12-21(28-25-29-26(47-8-4-10-49(34,35)36)31-27(30-25)48-9-5-11-50(37,38)39)22(46-2)15-20(16)33-32-17-13-19-18(24(14-17)52(43,44)45)6-3-7-23(19)51(40,41)42;;;;/h3,6-7,12-15H,4-5,8-11H2,1-2H3,(H,34,35,36)(H,37,38,39)(H,40,41,42)(H,43,44,45)(H,28,29,30,31);;;;/q;4*+1/p-3. The van der Waals surface area contributed by atoms with Gasteiger partial charge in [-0.15, -0.1) is 0 Å². The van der Waals surface area contributed by atoms with Crippen LogP contribution in [0.25, 0.3) is 10.8 Å². The van der Waals surface area contributed by atoms with Gasteiger partial charge in [-0.3, -0.25) is 4.55 Å². The molecule has 0 aliphatic heterocycles. The molecule has 4 rings (SSSR count). The van der Waals surface area contributed by atoms with Crippen molar-refractivity contribution >= 4 is 97.8 Å². The Morgan fingerprint density at radius 3 is 1.79 bits per heavy atom. The summed E-state index contributed by atoms with van der Waals surface area (Å²) in [6.07, 6.45) is 0.0418. The first-order valence-corrected chi connectivity index (χ1v) is 22.4. The van der Waals surface area contributed by atoms with Crippen molar-refractivity contribution in [3.8, 4) is 5.75 Å². The van der Waals surface area contributed by atoms with E-state index in [0.717, 1.165) is 47.8 Å². The zero-order valence-electron chi connectivity index (χ0n) is 30.8. The molecule has 56 heavy (non-hydrogen) atoms. The number of azo groups is 1. The summed E-state index contributed by atoms with van der Waals surface area (Å²) in [4.78, 5) is 11.5. The number of rotatable bonds is 17. The Morgan fingerprint density at radius 1 is 0.750 bits per heavy atom. The molecule has 4 aromatic rings. The summed E-state index contributed by atoms with van der Waals surface area (Å²) in [6, 6.07) is 8.46. The first-order chi connectivity index (χ1) is 24.1. The average molecular weight is 928 g/mol. The molecule has 0 aliphatic carbocycles. The van der Waals surface area contributed by atoms with Crippen LogP contribution in [0.1, 0.15) is 18.4 Å². The summed E-state index contributed by atoms with van der Waals surface area (Å²) in [6.45, 7) is 1.63. The third-order valence-corrected chi connectivity index (χ3v) is 11.9. The number of benzene rings is 3. The van der Waals surface area contributed by atoms with Gasteiger partial charge < -0.3 is 23.7 Å². The number of nitrogens with zero attached hydrogens (tertiary/aromatic N) is 5. The van der Waals surface area contributed by atoms with Crippen molar-refractivity contribution in [1.29, 1.82) is 0 Å². The van der Waals surface area contributed by atoms with Gasteiger partial charge in [0.15, 0.2) is 10.3 Å². The Bertz CT molecular complexity index is 2430. The zero-order chi connectivity index (χ0) is 38.5. The van der Waals surface area contributed by atoms with Crippen LogP contribution < -0.4 is 128 Å². The van der Waals surface area contributed by atoms with Gasteiger partial charge >= 0.3 is 118 Å². The van der Waals surface area contributed by atoms with Crippen molar-refractivity contribution in [3.05, 3.63) is 48.0 Å². The van der Waals surface area contributed by atoms with E-state index in [1.807, 2.05) is 0 Å². The fourth-order valence-corrected chi connectivity index (χ4v) is 8.78. The van der Waals surface area contributed by atoms with Crippen LogP contribution in [0.15, 0.2) is 72.8 Å². The number of anilines is 2. The summed E-state index contributed by atoms with van der Waals surface area (Å²) in [5, 5.41) is 10.9. The first kappa shape index (κ1) is 56.5. The van der Waals surface area contributed by atoms with Crippen LogP contribution in [-0.4, -0.2) is 97.0 Å². The van der Waals surface area contributed by atoms with E-state index in [-0.39, 0.29) is 187 Å². The van der Waals surface area contributed by atoms with Gasteiger partial charge in [-0.05, 0) is 49.6 Å². The average Bonchev–Trinajstić information content (AvgIpc) is 3.02. The molecular formula is C27H27N6Na4O13S6+. The van der Waals surface area contributed by atoms with Crippen molar-refractivity contribution in [2.45, 2.75) is 39.9 Å². The molecule has 0 fully saturated rings. The molecular weight excluding hydrogens is 901 g/mol. The molecule has 0 saturated carbocycles. The third kappa shape index (κ3) is 17.8. The number of aromatic nitrogens is 3. The van der Waals surface area contributed by atoms with Gasteiger partial charge in [-0.25, -0.2) is 25.3 Å². The molecule has 29 heteroatoms. The second-order valence-corrected chi connectivity index (χ2v) is 18.4.